The summed E-state index contributed by atoms with van der Waals surface area (Å²) in [6.07, 6.45) is 1.50. The fourth-order valence-electron chi connectivity index (χ4n) is 3.00. The van der Waals surface area contributed by atoms with E-state index in [9.17, 15) is 9.50 Å². The summed E-state index contributed by atoms with van der Waals surface area (Å²) in [7, 11) is 0. The molecule has 1 saturated heterocycles. The van der Waals surface area contributed by atoms with Crippen molar-refractivity contribution in [2.45, 2.75) is 25.4 Å². The number of piperidine rings is 1. The van der Waals surface area contributed by atoms with Crippen LogP contribution in [-0.4, -0.2) is 29.6 Å². The van der Waals surface area contributed by atoms with Gasteiger partial charge >= 0.3 is 0 Å². The minimum Gasteiger partial charge on any atom is -0.457 e. The highest BCUT2D eigenvalue weighted by molar-refractivity contribution is 5.35. The molecule has 2 aromatic rings. The molecule has 1 heterocycles. The van der Waals surface area contributed by atoms with E-state index in [4.69, 9.17) is 4.74 Å². The van der Waals surface area contributed by atoms with Crippen LogP contribution in [0.5, 0.6) is 11.5 Å². The van der Waals surface area contributed by atoms with Gasteiger partial charge < -0.3 is 14.7 Å². The molecule has 0 aliphatic carbocycles. The van der Waals surface area contributed by atoms with Gasteiger partial charge in [-0.1, -0.05) is 19.1 Å². The number of likely N-dealkylation sites (tertiary alicyclic amines) is 1. The Labute approximate surface area is 136 Å². The van der Waals surface area contributed by atoms with Crippen molar-refractivity contribution in [3.05, 3.63) is 59.9 Å². The molecule has 0 spiro atoms. The van der Waals surface area contributed by atoms with Gasteiger partial charge in [0.15, 0.2) is 0 Å². The minimum atomic E-state index is -0.750. The fraction of sp³-hybridized carbons (Fsp3) is 0.368. The first-order chi connectivity index (χ1) is 11.1. The molecule has 0 amide bonds. The van der Waals surface area contributed by atoms with Crippen molar-refractivity contribution in [1.82, 2.24) is 4.90 Å². The molecular weight excluding hydrogens is 293 g/mol. The molecule has 3 rings (SSSR count). The highest BCUT2D eigenvalue weighted by Gasteiger charge is 2.33. The van der Waals surface area contributed by atoms with Gasteiger partial charge in [-0.25, -0.2) is 4.39 Å². The number of hydrogen-bond donors (Lipinski definition) is 1. The Morgan fingerprint density at radius 3 is 2.04 bits per heavy atom. The van der Waals surface area contributed by atoms with Gasteiger partial charge in [0.25, 0.3) is 0 Å². The summed E-state index contributed by atoms with van der Waals surface area (Å²) in [5, 5.41) is 10.9. The predicted molar refractivity (Wildman–Crippen MR) is 88.2 cm³/mol. The smallest absolute Gasteiger partial charge is 0.127 e. The summed E-state index contributed by atoms with van der Waals surface area (Å²) in [5.41, 5.74) is 0.180. The average Bonchev–Trinajstić information content (AvgIpc) is 2.58. The lowest BCUT2D eigenvalue weighted by Gasteiger charge is -2.38. The molecule has 4 heteroatoms. The molecule has 1 aliphatic rings. The molecule has 0 atom stereocenters. The van der Waals surface area contributed by atoms with E-state index in [0.717, 1.165) is 38.0 Å². The molecule has 3 nitrogen and oxygen atoms in total. The second-order valence-corrected chi connectivity index (χ2v) is 6.05. The van der Waals surface area contributed by atoms with Crippen LogP contribution in [0, 0.1) is 5.82 Å². The van der Waals surface area contributed by atoms with Gasteiger partial charge in [-0.3, -0.25) is 0 Å². The third-order valence-electron chi connectivity index (χ3n) is 4.57. The molecule has 2 aromatic carbocycles. The number of nitrogens with zero attached hydrogens (tertiary/aromatic N) is 1. The molecular formula is C19H22FNO2. The van der Waals surface area contributed by atoms with E-state index in [2.05, 4.69) is 11.8 Å². The standard InChI is InChI=1S/C19H22FNO2/c1-2-21-13-11-19(22,12-14-21)15-3-7-17(8-4-15)23-18-9-5-16(20)6-10-18/h3-10,22H,2,11-14H2,1H3. The number of benzene rings is 2. The van der Waals surface area contributed by atoms with Crippen molar-refractivity contribution in [3.8, 4) is 11.5 Å². The maximum atomic E-state index is 12.9. The highest BCUT2D eigenvalue weighted by Crippen LogP contribution is 2.34. The topological polar surface area (TPSA) is 32.7 Å². The molecule has 1 fully saturated rings. The van der Waals surface area contributed by atoms with Gasteiger partial charge in [-0.2, -0.15) is 0 Å². The zero-order chi connectivity index (χ0) is 16.3. The van der Waals surface area contributed by atoms with Crippen LogP contribution in [0.1, 0.15) is 25.3 Å². The van der Waals surface area contributed by atoms with E-state index in [0.29, 0.717) is 11.5 Å². The van der Waals surface area contributed by atoms with Gasteiger partial charge in [-0.15, -0.1) is 0 Å². The number of aliphatic hydroxyl groups is 1. The lowest BCUT2D eigenvalue weighted by atomic mass is 9.84. The molecule has 0 aromatic heterocycles. The van der Waals surface area contributed by atoms with Crippen LogP contribution in [0.25, 0.3) is 0 Å². The Bertz CT molecular complexity index is 631. The van der Waals surface area contributed by atoms with Crippen LogP contribution in [0.4, 0.5) is 4.39 Å². The number of hydrogen-bond acceptors (Lipinski definition) is 3. The molecule has 0 radical (unpaired) electrons. The van der Waals surface area contributed by atoms with Crippen molar-refractivity contribution in [2.24, 2.45) is 0 Å². The first kappa shape index (κ1) is 16.0. The average molecular weight is 315 g/mol. The van der Waals surface area contributed by atoms with Crippen molar-refractivity contribution in [2.75, 3.05) is 19.6 Å². The van der Waals surface area contributed by atoms with Crippen molar-refractivity contribution in [1.29, 1.82) is 0 Å². The monoisotopic (exact) mass is 315 g/mol. The van der Waals surface area contributed by atoms with E-state index in [1.54, 1.807) is 12.1 Å². The molecule has 23 heavy (non-hydrogen) atoms. The van der Waals surface area contributed by atoms with Gasteiger partial charge in [0, 0.05) is 13.1 Å². The van der Waals surface area contributed by atoms with Crippen molar-refractivity contribution in [3.63, 3.8) is 0 Å². The lowest BCUT2D eigenvalue weighted by Crippen LogP contribution is -2.42. The van der Waals surface area contributed by atoms with E-state index in [-0.39, 0.29) is 5.82 Å². The van der Waals surface area contributed by atoms with Crippen molar-refractivity contribution >= 4 is 0 Å². The van der Waals surface area contributed by atoms with Gasteiger partial charge in [0.2, 0.25) is 0 Å². The number of halogens is 1. The predicted octanol–water partition coefficient (Wildman–Crippen LogP) is 3.92. The van der Waals surface area contributed by atoms with Crippen LogP contribution in [0.2, 0.25) is 0 Å². The maximum absolute atomic E-state index is 12.9. The summed E-state index contributed by atoms with van der Waals surface area (Å²) < 4.78 is 18.6. The fourth-order valence-corrected chi connectivity index (χ4v) is 3.00. The lowest BCUT2D eigenvalue weighted by molar-refractivity contribution is -0.0247. The summed E-state index contributed by atoms with van der Waals surface area (Å²) in [4.78, 5) is 2.35. The van der Waals surface area contributed by atoms with Gasteiger partial charge in [0.05, 0.1) is 5.60 Å². The molecule has 0 unspecified atom stereocenters. The van der Waals surface area contributed by atoms with E-state index >= 15 is 0 Å². The Hall–Kier alpha value is -1.91. The first-order valence-electron chi connectivity index (χ1n) is 8.08. The van der Waals surface area contributed by atoms with Crippen LogP contribution < -0.4 is 4.74 Å². The second-order valence-electron chi connectivity index (χ2n) is 6.05. The summed E-state index contributed by atoms with van der Waals surface area (Å²) in [5.74, 6) is 0.984. The van der Waals surface area contributed by atoms with Gasteiger partial charge in [0.1, 0.15) is 17.3 Å². The third kappa shape index (κ3) is 3.71. The minimum absolute atomic E-state index is 0.284. The molecule has 1 N–H and O–H groups in total. The number of ether oxygens (including phenoxy) is 1. The Morgan fingerprint density at radius 2 is 1.52 bits per heavy atom. The van der Waals surface area contributed by atoms with E-state index in [1.807, 2.05) is 24.3 Å². The van der Waals surface area contributed by atoms with E-state index in [1.165, 1.54) is 12.1 Å². The second kappa shape index (κ2) is 6.69. The summed E-state index contributed by atoms with van der Waals surface area (Å²) in [6.45, 7) is 5.01. The molecule has 1 aliphatic heterocycles. The number of rotatable bonds is 4. The van der Waals surface area contributed by atoms with Crippen LogP contribution >= 0.6 is 0 Å². The zero-order valence-electron chi connectivity index (χ0n) is 13.3. The van der Waals surface area contributed by atoms with Crippen LogP contribution in [-0.2, 0) is 5.60 Å². The quantitative estimate of drug-likeness (QED) is 0.928. The zero-order valence-corrected chi connectivity index (χ0v) is 13.3. The SMILES string of the molecule is CCN1CCC(O)(c2ccc(Oc3ccc(F)cc3)cc2)CC1. The largest absolute Gasteiger partial charge is 0.457 e. The van der Waals surface area contributed by atoms with Crippen LogP contribution in [0.15, 0.2) is 48.5 Å². The summed E-state index contributed by atoms with van der Waals surface area (Å²) in [6, 6.07) is 13.5. The van der Waals surface area contributed by atoms with Crippen molar-refractivity contribution < 1.29 is 14.2 Å². The van der Waals surface area contributed by atoms with Crippen LogP contribution in [0.3, 0.4) is 0 Å². The molecule has 122 valence electrons. The maximum Gasteiger partial charge on any atom is 0.127 e. The summed E-state index contributed by atoms with van der Waals surface area (Å²) >= 11 is 0. The third-order valence-corrected chi connectivity index (χ3v) is 4.57. The Balaban J connectivity index is 1.68. The normalized spacial score (nSPS) is 17.9. The Morgan fingerprint density at radius 1 is 1.00 bits per heavy atom. The Kier molecular flexibility index (Phi) is 4.64. The molecule has 0 saturated carbocycles. The first-order valence-corrected chi connectivity index (χ1v) is 8.08. The highest BCUT2D eigenvalue weighted by atomic mass is 19.1. The molecule has 0 bridgehead atoms. The van der Waals surface area contributed by atoms with Gasteiger partial charge in [-0.05, 0) is 61.3 Å². The van der Waals surface area contributed by atoms with E-state index < -0.39 is 5.60 Å².